The molecule has 0 saturated heterocycles. The van der Waals surface area contributed by atoms with E-state index in [1.165, 1.54) is 25.3 Å². The van der Waals surface area contributed by atoms with Crippen LogP contribution in [0.2, 0.25) is 0 Å². The van der Waals surface area contributed by atoms with Gasteiger partial charge in [0, 0.05) is 5.56 Å². The van der Waals surface area contributed by atoms with E-state index in [9.17, 15) is 17.6 Å². The van der Waals surface area contributed by atoms with Gasteiger partial charge in [-0.2, -0.15) is 18.3 Å². The summed E-state index contributed by atoms with van der Waals surface area (Å²) in [7, 11) is 1.50. The minimum absolute atomic E-state index is 0.0164. The van der Waals surface area contributed by atoms with Gasteiger partial charge in [0.25, 0.3) is 0 Å². The number of rotatable bonds is 3. The lowest BCUT2D eigenvalue weighted by atomic mass is 10.1. The predicted molar refractivity (Wildman–Crippen MR) is 93.7 cm³/mol. The standard InChI is InChI=1S/C18H11F4N3OS/c1-26-12-5-2-10(3-6-12)14-9-16(18(20,21)22)25(24-14)17-23-13-7-4-11(19)8-15(13)27-17/h2-9H,1H3. The number of halogens is 4. The monoisotopic (exact) mass is 393 g/mol. The van der Waals surface area contributed by atoms with Gasteiger partial charge in [0.05, 0.1) is 23.0 Å². The number of hydrogen-bond donors (Lipinski definition) is 0. The van der Waals surface area contributed by atoms with Gasteiger partial charge < -0.3 is 4.74 Å². The molecule has 138 valence electrons. The van der Waals surface area contributed by atoms with Gasteiger partial charge in [-0.15, -0.1) is 0 Å². The van der Waals surface area contributed by atoms with Gasteiger partial charge in [0.1, 0.15) is 11.6 Å². The molecule has 0 amide bonds. The summed E-state index contributed by atoms with van der Waals surface area (Å²) in [6.45, 7) is 0. The van der Waals surface area contributed by atoms with Crippen molar-refractivity contribution in [1.82, 2.24) is 14.8 Å². The van der Waals surface area contributed by atoms with Crippen molar-refractivity contribution in [2.75, 3.05) is 7.11 Å². The van der Waals surface area contributed by atoms with Gasteiger partial charge >= 0.3 is 6.18 Å². The SMILES string of the molecule is COc1ccc(-c2cc(C(F)(F)F)n(-c3nc4ccc(F)cc4s3)n2)cc1. The molecule has 4 rings (SSSR count). The molecular weight excluding hydrogens is 382 g/mol. The summed E-state index contributed by atoms with van der Waals surface area (Å²) >= 11 is 0.939. The number of nitrogens with zero attached hydrogens (tertiary/aromatic N) is 3. The summed E-state index contributed by atoms with van der Waals surface area (Å²) in [5.41, 5.74) is 0.112. The predicted octanol–water partition coefficient (Wildman–Crippen LogP) is 5.32. The molecule has 2 aromatic heterocycles. The first kappa shape index (κ1) is 17.5. The summed E-state index contributed by atoms with van der Waals surface area (Å²) in [6, 6.07) is 11.4. The highest BCUT2D eigenvalue weighted by atomic mass is 32.1. The van der Waals surface area contributed by atoms with Crippen LogP contribution in [0.25, 0.3) is 26.6 Å². The number of fused-ring (bicyclic) bond motifs is 1. The highest BCUT2D eigenvalue weighted by Gasteiger charge is 2.37. The van der Waals surface area contributed by atoms with Crippen molar-refractivity contribution in [2.24, 2.45) is 0 Å². The Morgan fingerprint density at radius 3 is 2.44 bits per heavy atom. The summed E-state index contributed by atoms with van der Waals surface area (Å²) in [4.78, 5) is 4.16. The molecule has 0 spiro atoms. The average Bonchev–Trinajstić information content (AvgIpc) is 3.25. The first-order valence-electron chi connectivity index (χ1n) is 7.73. The molecule has 0 aliphatic rings. The Bertz CT molecular complexity index is 1120. The molecule has 2 aromatic carbocycles. The third-order valence-corrected chi connectivity index (χ3v) is 4.90. The Balaban J connectivity index is 1.86. The minimum Gasteiger partial charge on any atom is -0.497 e. The summed E-state index contributed by atoms with van der Waals surface area (Å²) in [6.07, 6.45) is -4.62. The maximum absolute atomic E-state index is 13.5. The highest BCUT2D eigenvalue weighted by Crippen LogP contribution is 2.36. The van der Waals surface area contributed by atoms with Crippen LogP contribution in [-0.2, 0) is 6.18 Å². The molecule has 0 radical (unpaired) electrons. The van der Waals surface area contributed by atoms with Crippen LogP contribution in [0.1, 0.15) is 5.69 Å². The Labute approximate surface area is 154 Å². The van der Waals surface area contributed by atoms with Gasteiger partial charge in [-0.05, 0) is 48.5 Å². The van der Waals surface area contributed by atoms with E-state index in [1.54, 1.807) is 24.3 Å². The molecule has 27 heavy (non-hydrogen) atoms. The highest BCUT2D eigenvalue weighted by molar-refractivity contribution is 7.20. The van der Waals surface area contributed by atoms with Crippen molar-refractivity contribution >= 4 is 21.6 Å². The van der Waals surface area contributed by atoms with Gasteiger partial charge in [0.15, 0.2) is 5.69 Å². The fourth-order valence-corrected chi connectivity index (χ4v) is 3.56. The van der Waals surface area contributed by atoms with Crippen molar-refractivity contribution in [1.29, 1.82) is 0 Å². The average molecular weight is 393 g/mol. The molecule has 9 heteroatoms. The molecule has 2 heterocycles. The third kappa shape index (κ3) is 3.25. The minimum atomic E-state index is -4.62. The second-order valence-electron chi connectivity index (χ2n) is 5.66. The van der Waals surface area contributed by atoms with Crippen LogP contribution in [0.3, 0.4) is 0 Å². The smallest absolute Gasteiger partial charge is 0.433 e. The zero-order valence-electron chi connectivity index (χ0n) is 13.8. The van der Waals surface area contributed by atoms with E-state index in [0.717, 1.165) is 22.1 Å². The topological polar surface area (TPSA) is 39.9 Å². The van der Waals surface area contributed by atoms with Crippen molar-refractivity contribution < 1.29 is 22.3 Å². The second-order valence-corrected chi connectivity index (χ2v) is 6.67. The molecule has 0 unspecified atom stereocenters. The van der Waals surface area contributed by atoms with Gasteiger partial charge in [-0.3, -0.25) is 0 Å². The third-order valence-electron chi connectivity index (χ3n) is 3.91. The molecule has 0 aliphatic carbocycles. The Hall–Kier alpha value is -2.94. The number of thiazole rings is 1. The van der Waals surface area contributed by atoms with Crippen LogP contribution in [0, 0.1) is 5.82 Å². The fraction of sp³-hybridized carbons (Fsp3) is 0.111. The van der Waals surface area contributed by atoms with Crippen LogP contribution < -0.4 is 4.74 Å². The van der Waals surface area contributed by atoms with Crippen LogP contribution in [-0.4, -0.2) is 21.9 Å². The maximum Gasteiger partial charge on any atom is 0.433 e. The van der Waals surface area contributed by atoms with Crippen molar-refractivity contribution in [2.45, 2.75) is 6.18 Å². The molecule has 0 atom stereocenters. The van der Waals surface area contributed by atoms with E-state index in [-0.39, 0.29) is 10.8 Å². The second kappa shape index (κ2) is 6.34. The number of methoxy groups -OCH3 is 1. The fourth-order valence-electron chi connectivity index (χ4n) is 2.61. The van der Waals surface area contributed by atoms with Gasteiger partial charge in [-0.1, -0.05) is 11.3 Å². The van der Waals surface area contributed by atoms with E-state index >= 15 is 0 Å². The van der Waals surface area contributed by atoms with E-state index < -0.39 is 17.7 Å². The van der Waals surface area contributed by atoms with Crippen LogP contribution in [0.15, 0.2) is 48.5 Å². The maximum atomic E-state index is 13.5. The van der Waals surface area contributed by atoms with Crippen molar-refractivity contribution in [3.63, 3.8) is 0 Å². The largest absolute Gasteiger partial charge is 0.497 e. The molecule has 0 saturated carbocycles. The molecule has 0 N–H and O–H groups in total. The summed E-state index contributed by atoms with van der Waals surface area (Å²) in [5.74, 6) is 0.107. The quantitative estimate of drug-likeness (QED) is 0.443. The number of alkyl halides is 3. The number of ether oxygens (including phenoxy) is 1. The number of benzene rings is 2. The molecule has 4 nitrogen and oxygen atoms in total. The number of hydrogen-bond acceptors (Lipinski definition) is 4. The number of aromatic nitrogens is 3. The lowest BCUT2D eigenvalue weighted by Gasteiger charge is -2.06. The molecular formula is C18H11F4N3OS. The Kier molecular flexibility index (Phi) is 4.11. The lowest BCUT2D eigenvalue weighted by molar-refractivity contribution is -0.142. The molecule has 0 bridgehead atoms. The van der Waals surface area contributed by atoms with Crippen molar-refractivity contribution in [3.8, 4) is 22.1 Å². The zero-order chi connectivity index (χ0) is 19.2. The Morgan fingerprint density at radius 2 is 1.78 bits per heavy atom. The molecule has 0 aliphatic heterocycles. The summed E-state index contributed by atoms with van der Waals surface area (Å²) in [5, 5.41) is 4.12. The van der Waals surface area contributed by atoms with Crippen molar-refractivity contribution in [3.05, 3.63) is 60.0 Å². The van der Waals surface area contributed by atoms with E-state index in [0.29, 0.717) is 21.5 Å². The molecule has 4 aromatic rings. The Morgan fingerprint density at radius 1 is 1.04 bits per heavy atom. The van der Waals surface area contributed by atoms with Crippen LogP contribution in [0.5, 0.6) is 5.75 Å². The first-order chi connectivity index (χ1) is 12.8. The lowest BCUT2D eigenvalue weighted by Crippen LogP contribution is -2.12. The molecule has 0 fully saturated rings. The van der Waals surface area contributed by atoms with E-state index in [2.05, 4.69) is 10.1 Å². The zero-order valence-corrected chi connectivity index (χ0v) is 14.6. The van der Waals surface area contributed by atoms with E-state index in [4.69, 9.17) is 4.74 Å². The normalized spacial score (nSPS) is 11.9. The van der Waals surface area contributed by atoms with Gasteiger partial charge in [-0.25, -0.2) is 14.1 Å². The van der Waals surface area contributed by atoms with Crippen LogP contribution >= 0.6 is 11.3 Å². The van der Waals surface area contributed by atoms with Gasteiger partial charge in [0.2, 0.25) is 5.13 Å². The van der Waals surface area contributed by atoms with Crippen LogP contribution in [0.4, 0.5) is 17.6 Å². The summed E-state index contributed by atoms with van der Waals surface area (Å²) < 4.78 is 60.2. The van der Waals surface area contributed by atoms with E-state index in [1.807, 2.05) is 0 Å². The first-order valence-corrected chi connectivity index (χ1v) is 8.55.